The van der Waals surface area contributed by atoms with E-state index in [0.717, 1.165) is 89.9 Å². The third-order valence-corrected chi connectivity index (χ3v) is 11.9. The van der Waals surface area contributed by atoms with Gasteiger partial charge in [0.2, 0.25) is 0 Å². The fourth-order valence-corrected chi connectivity index (χ4v) is 8.15. The SMILES string of the molecule is CC/C=C\C/C=C\C/C=C\C/C=C\C/C=C\CCCCCC(=O)OC[C@H](COP(=O)(O)O[C@H]1C(O)C(O)C(O)[C@@H](OP(=O)(O)O)C1O)OC(=O)CCC/C=C\C/C=C\C/C=C\C/C=C\CCCCCO. The predicted octanol–water partition coefficient (Wildman–Crippen LogP) is 8.70. The number of aliphatic hydroxyl groups is 5. The summed E-state index contributed by atoms with van der Waals surface area (Å²) in [6, 6.07) is 0. The molecule has 0 heterocycles. The molecule has 19 heteroatoms. The molecule has 0 amide bonds. The van der Waals surface area contributed by atoms with Crippen LogP contribution in [-0.2, 0) is 41.8 Å². The van der Waals surface area contributed by atoms with Crippen LogP contribution in [0.3, 0.4) is 0 Å². The van der Waals surface area contributed by atoms with Gasteiger partial charge in [0, 0.05) is 19.4 Å². The molecule has 0 aromatic heterocycles. The maximum atomic E-state index is 13.0. The van der Waals surface area contributed by atoms with Gasteiger partial charge in [-0.05, 0) is 103 Å². The molecule has 1 saturated carbocycles. The Morgan fingerprint density at radius 2 is 0.900 bits per heavy atom. The lowest BCUT2D eigenvalue weighted by Gasteiger charge is -2.43. The van der Waals surface area contributed by atoms with Crippen molar-refractivity contribution in [3.8, 4) is 0 Å². The quantitative estimate of drug-likeness (QED) is 0.0123. The molecule has 8 N–H and O–H groups in total. The summed E-state index contributed by atoms with van der Waals surface area (Å²) in [6.07, 6.45) is 37.7. The molecule has 1 aliphatic rings. The van der Waals surface area contributed by atoms with Crippen molar-refractivity contribution in [3.63, 3.8) is 0 Å². The van der Waals surface area contributed by atoms with Crippen molar-refractivity contribution in [2.24, 2.45) is 0 Å². The molecule has 0 aromatic carbocycles. The van der Waals surface area contributed by atoms with Crippen LogP contribution < -0.4 is 0 Å². The van der Waals surface area contributed by atoms with E-state index in [1.165, 1.54) is 0 Å². The average molecular weight is 1030 g/mol. The van der Waals surface area contributed by atoms with Gasteiger partial charge in [-0.3, -0.25) is 23.2 Å². The summed E-state index contributed by atoms with van der Waals surface area (Å²) in [4.78, 5) is 54.3. The minimum atomic E-state index is -5.38. The van der Waals surface area contributed by atoms with Gasteiger partial charge in [0.05, 0.1) is 6.61 Å². The van der Waals surface area contributed by atoms with Crippen LogP contribution in [0.15, 0.2) is 109 Å². The number of phosphoric acid groups is 2. The number of aliphatic hydroxyl groups excluding tert-OH is 5. The van der Waals surface area contributed by atoms with Gasteiger partial charge in [0.1, 0.15) is 43.2 Å². The van der Waals surface area contributed by atoms with Crippen LogP contribution in [0.2, 0.25) is 0 Å². The summed E-state index contributed by atoms with van der Waals surface area (Å²) in [5, 5.41) is 50.1. The number of hydrogen-bond donors (Lipinski definition) is 8. The summed E-state index contributed by atoms with van der Waals surface area (Å²) in [7, 11) is -10.7. The van der Waals surface area contributed by atoms with E-state index in [4.69, 9.17) is 23.6 Å². The minimum Gasteiger partial charge on any atom is -0.462 e. The predicted molar refractivity (Wildman–Crippen MR) is 270 cm³/mol. The van der Waals surface area contributed by atoms with Crippen LogP contribution in [0.1, 0.15) is 135 Å². The summed E-state index contributed by atoms with van der Waals surface area (Å²) in [5.41, 5.74) is 0. The van der Waals surface area contributed by atoms with E-state index in [0.29, 0.717) is 25.7 Å². The molecular formula is C51H82O17P2. The van der Waals surface area contributed by atoms with Crippen molar-refractivity contribution < 1.29 is 82.0 Å². The van der Waals surface area contributed by atoms with E-state index in [-0.39, 0.29) is 19.4 Å². The fraction of sp³-hybridized carbons (Fsp3) is 0.608. The third kappa shape index (κ3) is 34.9. The lowest BCUT2D eigenvalue weighted by atomic mass is 9.85. The highest BCUT2D eigenvalue weighted by molar-refractivity contribution is 7.47. The number of ether oxygens (including phenoxy) is 2. The van der Waals surface area contributed by atoms with Crippen LogP contribution in [0.4, 0.5) is 0 Å². The zero-order valence-electron chi connectivity index (χ0n) is 40.8. The van der Waals surface area contributed by atoms with E-state index in [2.05, 4.69) is 103 Å². The Bertz CT molecular complexity index is 1760. The number of hydrogen-bond acceptors (Lipinski definition) is 14. The normalized spacial score (nSPS) is 21.9. The molecule has 5 unspecified atom stereocenters. The van der Waals surface area contributed by atoms with Crippen molar-refractivity contribution >= 4 is 27.6 Å². The lowest BCUT2D eigenvalue weighted by molar-refractivity contribution is -0.216. The van der Waals surface area contributed by atoms with E-state index in [1.54, 1.807) is 0 Å². The van der Waals surface area contributed by atoms with Crippen molar-refractivity contribution in [1.29, 1.82) is 0 Å². The van der Waals surface area contributed by atoms with E-state index >= 15 is 0 Å². The van der Waals surface area contributed by atoms with Crippen molar-refractivity contribution in [2.75, 3.05) is 19.8 Å². The topological polar surface area (TPSA) is 276 Å². The van der Waals surface area contributed by atoms with Gasteiger partial charge in [-0.1, -0.05) is 129 Å². The number of carbonyl (C=O) groups excluding carboxylic acids is 2. The van der Waals surface area contributed by atoms with Crippen LogP contribution in [0.5, 0.6) is 0 Å². The van der Waals surface area contributed by atoms with E-state index in [9.17, 15) is 53.8 Å². The first-order valence-electron chi connectivity index (χ1n) is 24.5. The molecule has 17 nitrogen and oxygen atoms in total. The molecule has 0 aliphatic heterocycles. The number of phosphoric ester groups is 2. The van der Waals surface area contributed by atoms with E-state index < -0.39 is 83.5 Å². The highest BCUT2D eigenvalue weighted by atomic mass is 31.2. The Hall–Kier alpha value is -3.38. The van der Waals surface area contributed by atoms with Gasteiger partial charge >= 0.3 is 27.6 Å². The van der Waals surface area contributed by atoms with Crippen molar-refractivity contribution in [1.82, 2.24) is 0 Å². The minimum absolute atomic E-state index is 0.0562. The highest BCUT2D eigenvalue weighted by Gasteiger charge is 2.54. The molecule has 0 saturated heterocycles. The molecule has 0 radical (unpaired) electrons. The van der Waals surface area contributed by atoms with Crippen molar-refractivity contribution in [3.05, 3.63) is 109 Å². The zero-order valence-corrected chi connectivity index (χ0v) is 42.6. The second-order valence-corrected chi connectivity index (χ2v) is 19.1. The van der Waals surface area contributed by atoms with Crippen molar-refractivity contribution in [2.45, 2.75) is 178 Å². The molecule has 1 aliphatic carbocycles. The highest BCUT2D eigenvalue weighted by Crippen LogP contribution is 2.49. The monoisotopic (exact) mass is 1030 g/mol. The molecule has 8 atom stereocenters. The first-order chi connectivity index (χ1) is 33.6. The Balaban J connectivity index is 2.64. The molecule has 0 bridgehead atoms. The summed E-state index contributed by atoms with van der Waals surface area (Å²) in [6.45, 7) is 0.917. The second kappa shape index (κ2) is 41.1. The first-order valence-corrected chi connectivity index (χ1v) is 27.6. The van der Waals surface area contributed by atoms with E-state index in [1.807, 2.05) is 18.2 Å². The lowest BCUT2D eigenvalue weighted by Crippen LogP contribution is -2.64. The van der Waals surface area contributed by atoms with Gasteiger partial charge in [-0.25, -0.2) is 9.13 Å². The fourth-order valence-electron chi connectivity index (χ4n) is 6.61. The van der Waals surface area contributed by atoms with Gasteiger partial charge in [0.25, 0.3) is 0 Å². The van der Waals surface area contributed by atoms with Crippen LogP contribution in [0, 0.1) is 0 Å². The summed E-state index contributed by atoms with van der Waals surface area (Å²) >= 11 is 0. The Labute approximate surface area is 415 Å². The smallest absolute Gasteiger partial charge is 0.462 e. The van der Waals surface area contributed by atoms with Crippen LogP contribution in [-0.4, -0.2) is 115 Å². The molecular weight excluding hydrogens is 946 g/mol. The number of rotatable bonds is 40. The van der Waals surface area contributed by atoms with Crippen LogP contribution in [0.25, 0.3) is 0 Å². The second-order valence-electron chi connectivity index (χ2n) is 16.5. The maximum Gasteiger partial charge on any atom is 0.472 e. The largest absolute Gasteiger partial charge is 0.472 e. The number of unbranched alkanes of at least 4 members (excludes halogenated alkanes) is 7. The summed E-state index contributed by atoms with van der Waals surface area (Å²) in [5.74, 6) is -1.33. The first kappa shape index (κ1) is 64.6. The zero-order chi connectivity index (χ0) is 51.7. The molecule has 1 fully saturated rings. The van der Waals surface area contributed by atoms with Gasteiger partial charge < -0.3 is 49.7 Å². The summed E-state index contributed by atoms with van der Waals surface area (Å²) < 4.78 is 49.3. The van der Waals surface area contributed by atoms with Crippen LogP contribution >= 0.6 is 15.6 Å². The Morgan fingerprint density at radius 3 is 1.36 bits per heavy atom. The standard InChI is InChI=1S/C51H82O17P2/c1-2-3-4-5-6-7-8-9-10-11-12-14-17-20-23-26-29-32-35-38-44(53)64-41-43(42-65-70(62,63)68-51-48(57)46(55)47(56)50(49(51)58)67-69(59,60)61)66-45(54)39-36-33-30-27-24-21-18-15-13-16-19-22-25-28-31-34-37-40-52/h3-4,6-7,9-10,12-14,16,18,20-23,25,27,30,43,46-52,55-58H,2,5,8,11,15,17,19,24,26,28-29,31-42H2,1H3,(H,62,63)(H2,59,60,61)/b4-3-,7-6-,10-9-,14-12-,16-13-,21-18-,23-20-,25-22-,30-27-/t43-,46?,47?,48?,49?,50-,51+/m1/s1. The molecule has 70 heavy (non-hydrogen) atoms. The number of carbonyl (C=O) groups is 2. The Morgan fingerprint density at radius 1 is 0.486 bits per heavy atom. The van der Waals surface area contributed by atoms with Gasteiger partial charge in [-0.15, -0.1) is 0 Å². The maximum absolute atomic E-state index is 13.0. The third-order valence-electron chi connectivity index (χ3n) is 10.4. The molecule has 0 spiro atoms. The molecule has 1 rings (SSSR count). The number of allylic oxidation sites excluding steroid dienone is 18. The van der Waals surface area contributed by atoms with Gasteiger partial charge in [0.15, 0.2) is 6.10 Å². The van der Waals surface area contributed by atoms with Gasteiger partial charge in [-0.2, -0.15) is 0 Å². The molecule has 0 aromatic rings. The Kier molecular flexibility index (Phi) is 38.0. The molecule has 398 valence electrons. The number of esters is 2. The average Bonchev–Trinajstić information content (AvgIpc) is 3.32.